The number of rotatable bonds is 14. The second-order valence-electron chi connectivity index (χ2n) is 5.40. The van der Waals surface area contributed by atoms with Crippen molar-refractivity contribution in [2.45, 2.75) is 70.8 Å². The predicted molar refractivity (Wildman–Crippen MR) is 93.1 cm³/mol. The van der Waals surface area contributed by atoms with Gasteiger partial charge in [0.15, 0.2) is 0 Å². The molecule has 126 valence electrons. The van der Waals surface area contributed by atoms with E-state index in [0.717, 1.165) is 32.1 Å². The summed E-state index contributed by atoms with van der Waals surface area (Å²) in [7, 11) is 1.73. The fourth-order valence-corrected chi connectivity index (χ4v) is 2.01. The Morgan fingerprint density at radius 3 is 2.36 bits per heavy atom. The van der Waals surface area contributed by atoms with Gasteiger partial charge < -0.3 is 9.84 Å². The molecule has 0 aliphatic heterocycles. The topological polar surface area (TPSA) is 46.5 Å². The van der Waals surface area contributed by atoms with Gasteiger partial charge in [-0.05, 0) is 38.5 Å². The van der Waals surface area contributed by atoms with E-state index in [1.54, 1.807) is 7.11 Å². The highest BCUT2D eigenvalue weighted by atomic mass is 18.3. The van der Waals surface area contributed by atoms with Crippen molar-refractivity contribution in [1.29, 1.82) is 0 Å². The predicted octanol–water partition coefficient (Wildman–Crippen LogP) is 5.29. The van der Waals surface area contributed by atoms with E-state index in [2.05, 4.69) is 43.4 Å². The van der Waals surface area contributed by atoms with Crippen molar-refractivity contribution in [2.24, 2.45) is 0 Å². The van der Waals surface area contributed by atoms with Gasteiger partial charge in [0, 0.05) is 13.5 Å². The number of carboxylic acid groups (broad SMARTS) is 1. The summed E-state index contributed by atoms with van der Waals surface area (Å²) in [6, 6.07) is 0. The Balaban J connectivity index is 3.72. The normalized spacial score (nSPS) is 13.5. The van der Waals surface area contributed by atoms with Gasteiger partial charge in [0.25, 0.3) is 0 Å². The van der Waals surface area contributed by atoms with E-state index in [4.69, 9.17) is 9.84 Å². The molecular weight excluding hydrogens is 278 g/mol. The molecule has 0 aliphatic rings. The molecule has 0 amide bonds. The third kappa shape index (κ3) is 15.0. The maximum Gasteiger partial charge on any atom is 0.303 e. The second kappa shape index (κ2) is 16.0. The Labute approximate surface area is 135 Å². The van der Waals surface area contributed by atoms with Gasteiger partial charge >= 0.3 is 5.97 Å². The molecule has 1 atom stereocenters. The third-order valence-corrected chi connectivity index (χ3v) is 3.35. The van der Waals surface area contributed by atoms with Gasteiger partial charge in [0.1, 0.15) is 0 Å². The van der Waals surface area contributed by atoms with Crippen LogP contribution in [0, 0.1) is 0 Å². The highest BCUT2D eigenvalue weighted by molar-refractivity contribution is 5.66. The number of ether oxygens (including phenoxy) is 1. The molecule has 0 aromatic rings. The van der Waals surface area contributed by atoms with Crippen LogP contribution in [-0.4, -0.2) is 24.3 Å². The van der Waals surface area contributed by atoms with Gasteiger partial charge in [-0.2, -0.15) is 0 Å². The van der Waals surface area contributed by atoms with Crippen molar-refractivity contribution in [3.8, 4) is 0 Å². The Morgan fingerprint density at radius 2 is 1.68 bits per heavy atom. The number of hydrogen-bond donors (Lipinski definition) is 1. The van der Waals surface area contributed by atoms with E-state index >= 15 is 0 Å². The molecule has 3 nitrogen and oxygen atoms in total. The molecular formula is C19H32O3. The number of methoxy groups -OCH3 is 1. The van der Waals surface area contributed by atoms with Crippen LogP contribution in [0.4, 0.5) is 0 Å². The van der Waals surface area contributed by atoms with Crippen LogP contribution in [0.1, 0.15) is 64.7 Å². The zero-order chi connectivity index (χ0) is 16.5. The molecule has 3 heteroatoms. The summed E-state index contributed by atoms with van der Waals surface area (Å²) >= 11 is 0. The minimum absolute atomic E-state index is 0.0607. The Kier molecular flexibility index (Phi) is 15.0. The summed E-state index contributed by atoms with van der Waals surface area (Å²) in [5.74, 6) is -0.708. The maximum atomic E-state index is 10.3. The molecule has 0 aromatic heterocycles. The molecule has 0 spiro atoms. The summed E-state index contributed by atoms with van der Waals surface area (Å²) in [5, 5.41) is 8.52. The molecule has 0 rings (SSSR count). The average molecular weight is 310 g/mol. The standard InChI is InChI=1S/C19H32O3/c1-3-4-5-9-12-15-18(22-2)16-13-10-7-6-8-11-14-17-19(20)21/h6-7,12-13,15-16,18H,3-5,8-11,14,17H2,1-2H3,(H,20,21)/b7-6-,15-12-,16-13-/t18-/m1/s1/i22+2. The van der Waals surface area contributed by atoms with Crippen molar-refractivity contribution in [3.63, 3.8) is 0 Å². The van der Waals surface area contributed by atoms with E-state index in [0.29, 0.717) is 0 Å². The lowest BCUT2D eigenvalue weighted by Crippen LogP contribution is -2.01. The smallest absolute Gasteiger partial charge is 0.303 e. The van der Waals surface area contributed by atoms with E-state index < -0.39 is 5.97 Å². The average Bonchev–Trinajstić information content (AvgIpc) is 2.50. The number of carboxylic acids is 1. The number of unbranched alkanes of at least 4 members (excludes halogenated alkanes) is 5. The van der Waals surface area contributed by atoms with Crippen molar-refractivity contribution >= 4 is 5.97 Å². The van der Waals surface area contributed by atoms with Crippen molar-refractivity contribution in [2.75, 3.05) is 7.11 Å². The van der Waals surface area contributed by atoms with Crippen molar-refractivity contribution in [3.05, 3.63) is 36.5 Å². The van der Waals surface area contributed by atoms with Gasteiger partial charge in [-0.25, -0.2) is 0 Å². The van der Waals surface area contributed by atoms with Crippen LogP contribution < -0.4 is 0 Å². The van der Waals surface area contributed by atoms with Gasteiger partial charge in [0.2, 0.25) is 0 Å². The summed E-state index contributed by atoms with van der Waals surface area (Å²) in [6.07, 6.45) is 21.5. The second-order valence-corrected chi connectivity index (χ2v) is 5.40. The quantitative estimate of drug-likeness (QED) is 0.269. The highest BCUT2D eigenvalue weighted by Gasteiger charge is 1.95. The van der Waals surface area contributed by atoms with E-state index in [1.165, 1.54) is 19.3 Å². The lowest BCUT2D eigenvalue weighted by Gasteiger charge is -2.04. The van der Waals surface area contributed by atoms with Gasteiger partial charge in [0.05, 0.1) is 6.10 Å². The third-order valence-electron chi connectivity index (χ3n) is 3.35. The summed E-state index contributed by atoms with van der Waals surface area (Å²) < 4.78 is 5.39. The number of hydrogen-bond acceptors (Lipinski definition) is 2. The fourth-order valence-electron chi connectivity index (χ4n) is 2.01. The molecule has 0 unspecified atom stereocenters. The first-order chi connectivity index (χ1) is 10.7. The molecule has 0 bridgehead atoms. The lowest BCUT2D eigenvalue weighted by molar-refractivity contribution is -0.137. The number of allylic oxidation sites excluding steroid dienone is 4. The molecule has 0 saturated carbocycles. The SMILES string of the molecule is CCCCC/C=C\[C@H](/C=C\C/C=C\CCCCC(=O)O)[18O]C. The van der Waals surface area contributed by atoms with Crippen LogP contribution in [0.3, 0.4) is 0 Å². The molecule has 0 saturated heterocycles. The number of carbonyl (C=O) groups is 1. The van der Waals surface area contributed by atoms with Crippen LogP contribution in [0.25, 0.3) is 0 Å². The number of aliphatic carboxylic acids is 1. The van der Waals surface area contributed by atoms with Crippen LogP contribution in [-0.2, 0) is 9.53 Å². The van der Waals surface area contributed by atoms with Crippen molar-refractivity contribution in [1.82, 2.24) is 0 Å². The first-order valence-electron chi connectivity index (χ1n) is 8.43. The van der Waals surface area contributed by atoms with Crippen molar-refractivity contribution < 1.29 is 14.6 Å². The largest absolute Gasteiger partial charge is 0.481 e. The lowest BCUT2D eigenvalue weighted by atomic mass is 10.1. The maximum absolute atomic E-state index is 10.3. The Hall–Kier alpha value is -1.35. The van der Waals surface area contributed by atoms with E-state index in [1.807, 2.05) is 0 Å². The highest BCUT2D eigenvalue weighted by Crippen LogP contribution is 2.04. The first-order valence-corrected chi connectivity index (χ1v) is 8.43. The molecule has 1 N–H and O–H groups in total. The Morgan fingerprint density at radius 1 is 1.00 bits per heavy atom. The molecule has 22 heavy (non-hydrogen) atoms. The molecule has 0 heterocycles. The Bertz CT molecular complexity index is 343. The monoisotopic (exact) mass is 310 g/mol. The van der Waals surface area contributed by atoms with Crippen LogP contribution in [0.2, 0.25) is 0 Å². The van der Waals surface area contributed by atoms with Crippen LogP contribution in [0.15, 0.2) is 36.5 Å². The first kappa shape index (κ1) is 20.6. The molecule has 0 fully saturated rings. The van der Waals surface area contributed by atoms with Gasteiger partial charge in [-0.3, -0.25) is 4.79 Å². The van der Waals surface area contributed by atoms with Gasteiger partial charge in [-0.15, -0.1) is 0 Å². The molecule has 0 aliphatic carbocycles. The summed E-state index contributed by atoms with van der Waals surface area (Å²) in [4.78, 5) is 10.3. The molecule has 0 radical (unpaired) electrons. The fraction of sp³-hybridized carbons (Fsp3) is 0.632. The van der Waals surface area contributed by atoms with E-state index in [-0.39, 0.29) is 12.5 Å². The minimum atomic E-state index is -0.708. The zero-order valence-corrected chi connectivity index (χ0v) is 14.2. The van der Waals surface area contributed by atoms with E-state index in [9.17, 15) is 4.79 Å². The van der Waals surface area contributed by atoms with Crippen LogP contribution in [0.5, 0.6) is 0 Å². The van der Waals surface area contributed by atoms with Gasteiger partial charge in [-0.1, -0.05) is 56.2 Å². The summed E-state index contributed by atoms with van der Waals surface area (Å²) in [5.41, 5.74) is 0. The zero-order valence-electron chi connectivity index (χ0n) is 14.2. The summed E-state index contributed by atoms with van der Waals surface area (Å²) in [6.45, 7) is 2.21. The molecule has 0 aromatic carbocycles. The minimum Gasteiger partial charge on any atom is -0.481 e. The van der Waals surface area contributed by atoms with Crippen LogP contribution >= 0.6 is 0 Å².